The summed E-state index contributed by atoms with van der Waals surface area (Å²) < 4.78 is 20.7. The lowest BCUT2D eigenvalue weighted by Crippen LogP contribution is -2.33. The molecule has 0 spiro atoms. The minimum Gasteiger partial charge on any atom is -0.365 e. The first kappa shape index (κ1) is 16.2. The Balaban J connectivity index is 1.51. The van der Waals surface area contributed by atoms with Crippen molar-refractivity contribution in [2.75, 3.05) is 13.1 Å². The lowest BCUT2D eigenvalue weighted by Gasteiger charge is -2.25. The van der Waals surface area contributed by atoms with Crippen LogP contribution in [-0.4, -0.2) is 38.9 Å². The number of benzene rings is 1. The number of likely N-dealkylation sites (tertiary alicyclic amines) is 1. The number of aromatic nitrogens is 3. The first-order valence-electron chi connectivity index (χ1n) is 8.81. The standard InChI is InChI=1S/C18H21FN4O2/c19-14-7-5-13(6-8-14)16-11-23-15(12-25-16)17(20-21-23)18(24)22-9-3-1-2-4-10-22/h5-8,16H,1-4,9-12H2/t16-/m1/s1. The maximum Gasteiger partial charge on any atom is 0.276 e. The number of carbonyl (C=O) groups excluding carboxylic acids is 1. The molecular weight excluding hydrogens is 323 g/mol. The Morgan fingerprint density at radius 3 is 2.56 bits per heavy atom. The Morgan fingerprint density at radius 1 is 1.12 bits per heavy atom. The molecule has 1 saturated heterocycles. The Kier molecular flexibility index (Phi) is 4.48. The molecule has 0 bridgehead atoms. The minimum absolute atomic E-state index is 0.0491. The highest BCUT2D eigenvalue weighted by atomic mass is 19.1. The second-order valence-corrected chi connectivity index (χ2v) is 6.62. The number of carbonyl (C=O) groups is 1. The predicted octanol–water partition coefficient (Wildman–Crippen LogP) is 2.70. The van der Waals surface area contributed by atoms with Crippen LogP contribution in [0.5, 0.6) is 0 Å². The fourth-order valence-electron chi connectivity index (χ4n) is 3.48. The van der Waals surface area contributed by atoms with Gasteiger partial charge < -0.3 is 9.64 Å². The number of rotatable bonds is 2. The van der Waals surface area contributed by atoms with Crippen molar-refractivity contribution in [2.45, 2.75) is 44.9 Å². The van der Waals surface area contributed by atoms with Crippen molar-refractivity contribution in [3.63, 3.8) is 0 Å². The van der Waals surface area contributed by atoms with Crippen molar-refractivity contribution >= 4 is 5.91 Å². The summed E-state index contributed by atoms with van der Waals surface area (Å²) in [5.41, 5.74) is 2.02. The van der Waals surface area contributed by atoms with Crippen LogP contribution in [0.4, 0.5) is 4.39 Å². The van der Waals surface area contributed by atoms with Gasteiger partial charge in [0.05, 0.1) is 18.8 Å². The average molecular weight is 344 g/mol. The molecule has 0 radical (unpaired) electrons. The monoisotopic (exact) mass is 344 g/mol. The van der Waals surface area contributed by atoms with Gasteiger partial charge in [-0.05, 0) is 30.5 Å². The fraction of sp³-hybridized carbons (Fsp3) is 0.500. The Morgan fingerprint density at radius 2 is 1.84 bits per heavy atom. The molecule has 3 heterocycles. The summed E-state index contributed by atoms with van der Waals surface area (Å²) in [6, 6.07) is 6.27. The van der Waals surface area contributed by atoms with Crippen LogP contribution >= 0.6 is 0 Å². The third-order valence-corrected chi connectivity index (χ3v) is 4.94. The van der Waals surface area contributed by atoms with E-state index in [1.54, 1.807) is 16.8 Å². The van der Waals surface area contributed by atoms with Crippen molar-refractivity contribution in [1.82, 2.24) is 19.9 Å². The Hall–Kier alpha value is -2.28. The third-order valence-electron chi connectivity index (χ3n) is 4.94. The van der Waals surface area contributed by atoms with Gasteiger partial charge in [0.2, 0.25) is 0 Å². The quantitative estimate of drug-likeness (QED) is 0.840. The van der Waals surface area contributed by atoms with Gasteiger partial charge in [-0.25, -0.2) is 9.07 Å². The van der Waals surface area contributed by atoms with Crippen LogP contribution < -0.4 is 0 Å². The summed E-state index contributed by atoms with van der Waals surface area (Å²) in [4.78, 5) is 14.7. The van der Waals surface area contributed by atoms with Crippen LogP contribution in [0.3, 0.4) is 0 Å². The highest BCUT2D eigenvalue weighted by molar-refractivity contribution is 5.93. The van der Waals surface area contributed by atoms with E-state index in [4.69, 9.17) is 4.74 Å². The number of halogens is 1. The Labute approximate surface area is 145 Å². The molecule has 1 aromatic carbocycles. The summed E-state index contributed by atoms with van der Waals surface area (Å²) in [6.45, 7) is 2.32. The van der Waals surface area contributed by atoms with Gasteiger partial charge >= 0.3 is 0 Å². The van der Waals surface area contributed by atoms with Gasteiger partial charge in [0.1, 0.15) is 11.9 Å². The number of nitrogens with zero attached hydrogens (tertiary/aromatic N) is 4. The maximum atomic E-state index is 13.1. The highest BCUT2D eigenvalue weighted by Crippen LogP contribution is 2.27. The van der Waals surface area contributed by atoms with E-state index in [0.29, 0.717) is 12.2 Å². The van der Waals surface area contributed by atoms with Crippen molar-refractivity contribution < 1.29 is 13.9 Å². The topological polar surface area (TPSA) is 60.3 Å². The second kappa shape index (κ2) is 6.92. The molecule has 1 aromatic heterocycles. The number of hydrogen-bond donors (Lipinski definition) is 0. The molecule has 1 fully saturated rings. The van der Waals surface area contributed by atoms with E-state index >= 15 is 0 Å². The van der Waals surface area contributed by atoms with Crippen molar-refractivity contribution in [3.8, 4) is 0 Å². The average Bonchev–Trinajstić information content (AvgIpc) is 2.86. The first-order chi connectivity index (χ1) is 12.2. The highest BCUT2D eigenvalue weighted by Gasteiger charge is 2.30. The SMILES string of the molecule is O=C(c1nnn2c1CO[C@@H](c1ccc(F)cc1)C2)N1CCCCCC1. The molecule has 2 aromatic rings. The molecule has 0 aliphatic carbocycles. The van der Waals surface area contributed by atoms with Crippen molar-refractivity contribution in [1.29, 1.82) is 0 Å². The predicted molar refractivity (Wildman–Crippen MR) is 88.3 cm³/mol. The van der Waals surface area contributed by atoms with Crippen molar-refractivity contribution in [2.24, 2.45) is 0 Å². The molecule has 25 heavy (non-hydrogen) atoms. The zero-order chi connectivity index (χ0) is 17.2. The zero-order valence-electron chi connectivity index (χ0n) is 14.0. The lowest BCUT2D eigenvalue weighted by atomic mass is 10.1. The van der Waals surface area contributed by atoms with Crippen LogP contribution in [0.1, 0.15) is 53.5 Å². The molecule has 0 saturated carbocycles. The van der Waals surface area contributed by atoms with Gasteiger partial charge in [0.15, 0.2) is 5.69 Å². The third kappa shape index (κ3) is 3.28. The molecule has 132 valence electrons. The minimum atomic E-state index is -0.272. The summed E-state index contributed by atoms with van der Waals surface area (Å²) in [6.07, 6.45) is 4.21. The smallest absolute Gasteiger partial charge is 0.276 e. The van der Waals surface area contributed by atoms with E-state index in [9.17, 15) is 9.18 Å². The van der Waals surface area contributed by atoms with E-state index in [1.165, 1.54) is 25.0 Å². The molecule has 1 atom stereocenters. The van der Waals surface area contributed by atoms with Gasteiger partial charge in [-0.15, -0.1) is 5.10 Å². The van der Waals surface area contributed by atoms with Crippen LogP contribution in [-0.2, 0) is 17.9 Å². The van der Waals surface area contributed by atoms with Crippen LogP contribution in [0.15, 0.2) is 24.3 Å². The molecule has 6 nitrogen and oxygen atoms in total. The van der Waals surface area contributed by atoms with Gasteiger partial charge in [-0.1, -0.05) is 30.2 Å². The number of fused-ring (bicyclic) bond motifs is 1. The van der Waals surface area contributed by atoms with Gasteiger partial charge in [0.25, 0.3) is 5.91 Å². The van der Waals surface area contributed by atoms with Gasteiger partial charge in [-0.3, -0.25) is 4.79 Å². The second-order valence-electron chi connectivity index (χ2n) is 6.62. The molecule has 7 heteroatoms. The maximum absolute atomic E-state index is 13.1. The zero-order valence-corrected chi connectivity index (χ0v) is 14.0. The normalized spacial score (nSPS) is 20.8. The van der Waals surface area contributed by atoms with Crippen LogP contribution in [0.25, 0.3) is 0 Å². The van der Waals surface area contributed by atoms with Gasteiger partial charge in [0, 0.05) is 13.1 Å². The van der Waals surface area contributed by atoms with E-state index in [0.717, 1.165) is 37.2 Å². The molecule has 2 aliphatic heterocycles. The molecule has 2 aliphatic rings. The van der Waals surface area contributed by atoms with Crippen molar-refractivity contribution in [3.05, 3.63) is 47.0 Å². The van der Waals surface area contributed by atoms with E-state index < -0.39 is 0 Å². The molecule has 1 amide bonds. The lowest BCUT2D eigenvalue weighted by molar-refractivity contribution is -0.00198. The van der Waals surface area contributed by atoms with E-state index in [-0.39, 0.29) is 24.4 Å². The molecule has 4 rings (SSSR count). The van der Waals surface area contributed by atoms with Crippen LogP contribution in [0.2, 0.25) is 0 Å². The fourth-order valence-corrected chi connectivity index (χ4v) is 3.48. The largest absolute Gasteiger partial charge is 0.365 e. The number of hydrogen-bond acceptors (Lipinski definition) is 4. The first-order valence-corrected chi connectivity index (χ1v) is 8.81. The van der Waals surface area contributed by atoms with Gasteiger partial charge in [-0.2, -0.15) is 0 Å². The summed E-state index contributed by atoms with van der Waals surface area (Å²) in [5.74, 6) is -0.321. The molecule has 0 N–H and O–H groups in total. The Bertz CT molecular complexity index is 751. The number of ether oxygens (including phenoxy) is 1. The number of amides is 1. The summed E-state index contributed by atoms with van der Waals surface area (Å²) in [5, 5.41) is 8.28. The van der Waals surface area contributed by atoms with E-state index in [2.05, 4.69) is 10.3 Å². The molecule has 0 unspecified atom stereocenters. The molecular formula is C18H21FN4O2. The van der Waals surface area contributed by atoms with Crippen LogP contribution in [0, 0.1) is 5.82 Å². The summed E-state index contributed by atoms with van der Waals surface area (Å²) >= 11 is 0. The van der Waals surface area contributed by atoms with E-state index in [1.807, 2.05) is 4.90 Å². The summed E-state index contributed by atoms with van der Waals surface area (Å²) in [7, 11) is 0.